The average Bonchev–Trinajstić information content (AvgIpc) is 2.86. The molecule has 3 atom stereocenters. The van der Waals surface area contributed by atoms with Crippen LogP contribution in [-0.4, -0.2) is 28.0 Å². The molecule has 1 aliphatic rings. The molecule has 1 fully saturated rings. The SMILES string of the molecule is CC(NC(=O)c1scnc1C(F)F)[C@@H]1C[C@H](C(=O)O)C1(C)C. The lowest BCUT2D eigenvalue weighted by Crippen LogP contribution is -2.56. The summed E-state index contributed by atoms with van der Waals surface area (Å²) in [7, 11) is 0. The van der Waals surface area contributed by atoms with E-state index in [1.165, 1.54) is 5.51 Å². The first-order valence-electron chi connectivity index (χ1n) is 6.91. The number of carbonyl (C=O) groups excluding carboxylic acids is 1. The van der Waals surface area contributed by atoms with Crippen LogP contribution >= 0.6 is 11.3 Å². The van der Waals surface area contributed by atoms with Crippen molar-refractivity contribution in [1.82, 2.24) is 10.3 Å². The fourth-order valence-electron chi connectivity index (χ4n) is 3.18. The van der Waals surface area contributed by atoms with E-state index in [9.17, 15) is 18.4 Å². The van der Waals surface area contributed by atoms with Crippen LogP contribution in [0.2, 0.25) is 0 Å². The number of carbonyl (C=O) groups is 2. The molecule has 1 aromatic rings. The summed E-state index contributed by atoms with van der Waals surface area (Å²) in [5, 5.41) is 11.8. The maximum absolute atomic E-state index is 12.8. The number of rotatable bonds is 5. The van der Waals surface area contributed by atoms with Crippen molar-refractivity contribution in [1.29, 1.82) is 0 Å². The minimum atomic E-state index is -2.79. The fourth-order valence-corrected chi connectivity index (χ4v) is 3.88. The number of carboxylic acid groups (broad SMARTS) is 1. The van der Waals surface area contributed by atoms with E-state index in [0.29, 0.717) is 6.42 Å². The molecule has 1 heterocycles. The molecule has 0 bridgehead atoms. The normalized spacial score (nSPS) is 24.6. The number of halogens is 2. The summed E-state index contributed by atoms with van der Waals surface area (Å²) in [6.45, 7) is 5.46. The molecule has 0 aliphatic heterocycles. The van der Waals surface area contributed by atoms with Gasteiger partial charge in [0.15, 0.2) is 0 Å². The van der Waals surface area contributed by atoms with E-state index in [1.807, 2.05) is 13.8 Å². The van der Waals surface area contributed by atoms with Crippen LogP contribution < -0.4 is 5.32 Å². The van der Waals surface area contributed by atoms with Crippen molar-refractivity contribution in [3.05, 3.63) is 16.1 Å². The van der Waals surface area contributed by atoms with Crippen molar-refractivity contribution < 1.29 is 23.5 Å². The maximum atomic E-state index is 12.8. The minimum Gasteiger partial charge on any atom is -0.481 e. The molecular weight excluding hydrogens is 314 g/mol. The Labute approximate surface area is 130 Å². The number of hydrogen-bond donors (Lipinski definition) is 2. The van der Waals surface area contributed by atoms with Crippen molar-refractivity contribution in [2.24, 2.45) is 17.3 Å². The summed E-state index contributed by atoms with van der Waals surface area (Å²) >= 11 is 0.873. The largest absolute Gasteiger partial charge is 0.481 e. The van der Waals surface area contributed by atoms with Crippen LogP contribution in [0.4, 0.5) is 8.78 Å². The van der Waals surface area contributed by atoms with Crippen molar-refractivity contribution in [2.45, 2.75) is 39.7 Å². The molecule has 22 heavy (non-hydrogen) atoms. The molecule has 8 heteroatoms. The zero-order chi connectivity index (χ0) is 16.7. The molecule has 1 unspecified atom stereocenters. The minimum absolute atomic E-state index is 0.0135. The van der Waals surface area contributed by atoms with E-state index in [0.717, 1.165) is 11.3 Å². The molecule has 2 N–H and O–H groups in total. The van der Waals surface area contributed by atoms with E-state index < -0.39 is 35.3 Å². The van der Waals surface area contributed by atoms with Gasteiger partial charge in [0.25, 0.3) is 12.3 Å². The molecule has 122 valence electrons. The Kier molecular flexibility index (Phi) is 4.51. The van der Waals surface area contributed by atoms with E-state index in [-0.39, 0.29) is 16.8 Å². The van der Waals surface area contributed by atoms with Gasteiger partial charge < -0.3 is 10.4 Å². The Morgan fingerprint density at radius 2 is 2.14 bits per heavy atom. The Balaban J connectivity index is 2.04. The summed E-state index contributed by atoms with van der Waals surface area (Å²) in [4.78, 5) is 26.7. The quantitative estimate of drug-likeness (QED) is 0.869. The number of thiazole rings is 1. The molecule has 0 aromatic carbocycles. The predicted octanol–water partition coefficient (Wildman–Crippen LogP) is 2.95. The second kappa shape index (κ2) is 5.91. The Morgan fingerprint density at radius 3 is 2.64 bits per heavy atom. The van der Waals surface area contributed by atoms with Crippen molar-refractivity contribution >= 4 is 23.2 Å². The second-order valence-corrected chi connectivity index (χ2v) is 7.04. The van der Waals surface area contributed by atoms with Gasteiger partial charge in [0, 0.05) is 6.04 Å². The van der Waals surface area contributed by atoms with Gasteiger partial charge in [-0.1, -0.05) is 13.8 Å². The molecule has 2 rings (SSSR count). The summed E-state index contributed by atoms with van der Waals surface area (Å²) in [6.07, 6.45) is -2.33. The van der Waals surface area contributed by atoms with Gasteiger partial charge in [-0.05, 0) is 24.7 Å². The summed E-state index contributed by atoms with van der Waals surface area (Å²) in [6, 6.07) is -0.300. The number of carboxylic acids is 1. The molecule has 5 nitrogen and oxygen atoms in total. The molecule has 1 aromatic heterocycles. The lowest BCUT2D eigenvalue weighted by molar-refractivity contribution is -0.160. The van der Waals surface area contributed by atoms with Gasteiger partial charge in [-0.25, -0.2) is 13.8 Å². The van der Waals surface area contributed by atoms with Gasteiger partial charge in [0.2, 0.25) is 0 Å². The Hall–Kier alpha value is -1.57. The molecule has 1 aliphatic carbocycles. The first kappa shape index (κ1) is 16.8. The third kappa shape index (κ3) is 2.84. The van der Waals surface area contributed by atoms with E-state index >= 15 is 0 Å². The van der Waals surface area contributed by atoms with Crippen molar-refractivity contribution in [2.75, 3.05) is 0 Å². The number of aliphatic carboxylic acids is 1. The van der Waals surface area contributed by atoms with Crippen LogP contribution in [0.25, 0.3) is 0 Å². The molecule has 0 saturated heterocycles. The third-order valence-electron chi connectivity index (χ3n) is 4.61. The number of hydrogen-bond acceptors (Lipinski definition) is 4. The van der Waals surface area contributed by atoms with E-state index in [2.05, 4.69) is 10.3 Å². The van der Waals surface area contributed by atoms with Crippen molar-refractivity contribution in [3.8, 4) is 0 Å². The highest BCUT2D eigenvalue weighted by Gasteiger charge is 2.54. The highest BCUT2D eigenvalue weighted by atomic mass is 32.1. The highest BCUT2D eigenvalue weighted by molar-refractivity contribution is 7.11. The van der Waals surface area contributed by atoms with Crippen LogP contribution in [-0.2, 0) is 4.79 Å². The standard InChI is InChI=1S/C14H18F2N2O3S/c1-6(7-4-8(13(20)21)14(7,2)3)18-12(19)10-9(11(15)16)17-5-22-10/h5-8,11H,4H2,1-3H3,(H,18,19)(H,20,21)/t6?,7-,8+/m0/s1. The Morgan fingerprint density at radius 1 is 1.50 bits per heavy atom. The average molecular weight is 332 g/mol. The second-order valence-electron chi connectivity index (χ2n) is 6.18. The lowest BCUT2D eigenvalue weighted by Gasteiger charge is -2.52. The predicted molar refractivity (Wildman–Crippen MR) is 77.0 cm³/mol. The summed E-state index contributed by atoms with van der Waals surface area (Å²) in [5.74, 6) is -1.89. The van der Waals surface area contributed by atoms with Crippen molar-refractivity contribution in [3.63, 3.8) is 0 Å². The van der Waals surface area contributed by atoms with Gasteiger partial charge in [-0.3, -0.25) is 9.59 Å². The maximum Gasteiger partial charge on any atom is 0.307 e. The monoisotopic (exact) mass is 332 g/mol. The van der Waals surface area contributed by atoms with Crippen LogP contribution in [0.15, 0.2) is 5.51 Å². The van der Waals surface area contributed by atoms with Crippen LogP contribution in [0, 0.1) is 17.3 Å². The van der Waals surface area contributed by atoms with Gasteiger partial charge in [-0.15, -0.1) is 11.3 Å². The summed E-state index contributed by atoms with van der Waals surface area (Å²) in [5.41, 5.74) is 0.262. The number of alkyl halides is 2. The molecule has 1 amide bonds. The number of nitrogens with zero attached hydrogens (tertiary/aromatic N) is 1. The molecule has 0 radical (unpaired) electrons. The van der Waals surface area contributed by atoms with Gasteiger partial charge in [-0.2, -0.15) is 0 Å². The van der Waals surface area contributed by atoms with Gasteiger partial charge in [0.05, 0.1) is 11.4 Å². The molecular formula is C14H18F2N2O3S. The van der Waals surface area contributed by atoms with Crippen LogP contribution in [0.1, 0.15) is 49.0 Å². The van der Waals surface area contributed by atoms with Gasteiger partial charge >= 0.3 is 5.97 Å². The topological polar surface area (TPSA) is 79.3 Å². The van der Waals surface area contributed by atoms with Crippen LogP contribution in [0.5, 0.6) is 0 Å². The zero-order valence-electron chi connectivity index (χ0n) is 12.5. The first-order valence-corrected chi connectivity index (χ1v) is 7.79. The zero-order valence-corrected chi connectivity index (χ0v) is 13.3. The number of amides is 1. The first-order chi connectivity index (χ1) is 10.2. The Bertz CT molecular complexity index is 588. The third-order valence-corrected chi connectivity index (χ3v) is 5.45. The highest BCUT2D eigenvalue weighted by Crippen LogP contribution is 2.52. The van der Waals surface area contributed by atoms with E-state index in [1.54, 1.807) is 6.92 Å². The van der Waals surface area contributed by atoms with Crippen LogP contribution in [0.3, 0.4) is 0 Å². The smallest absolute Gasteiger partial charge is 0.307 e. The number of nitrogens with one attached hydrogen (secondary N) is 1. The van der Waals surface area contributed by atoms with E-state index in [4.69, 9.17) is 5.11 Å². The van der Waals surface area contributed by atoms with Gasteiger partial charge in [0.1, 0.15) is 10.6 Å². The lowest BCUT2D eigenvalue weighted by atomic mass is 9.52. The molecule has 1 saturated carbocycles. The number of aromatic nitrogens is 1. The molecule has 0 spiro atoms. The summed E-state index contributed by atoms with van der Waals surface area (Å²) < 4.78 is 25.5. The fraction of sp³-hybridized carbons (Fsp3) is 0.643.